The molecule has 0 saturated carbocycles. The third kappa shape index (κ3) is 2.16. The first-order chi connectivity index (χ1) is 10.5. The van der Waals surface area contributed by atoms with Crippen molar-refractivity contribution in [3.63, 3.8) is 0 Å². The molecule has 2 aromatic carbocycles. The second-order valence-corrected chi connectivity index (χ2v) is 7.30. The molecule has 5 heteroatoms. The van der Waals surface area contributed by atoms with Crippen molar-refractivity contribution < 1.29 is 13.2 Å². The number of anilines is 1. The fourth-order valence-electron chi connectivity index (χ4n) is 2.95. The first kappa shape index (κ1) is 14.9. The molecule has 0 aromatic heterocycles. The highest BCUT2D eigenvalue weighted by Gasteiger charge is 2.32. The Morgan fingerprint density at radius 1 is 1.05 bits per heavy atom. The Labute approximate surface area is 131 Å². The lowest BCUT2D eigenvalue weighted by atomic mass is 10.1. The molecule has 0 N–H and O–H groups in total. The predicted molar refractivity (Wildman–Crippen MR) is 87.1 cm³/mol. The molecular weight excluding hydrogens is 298 g/mol. The van der Waals surface area contributed by atoms with Crippen LogP contribution < -0.4 is 9.04 Å². The number of nitrogens with zero attached hydrogens (tertiary/aromatic N) is 1. The van der Waals surface area contributed by atoms with Crippen LogP contribution in [0.5, 0.6) is 5.75 Å². The van der Waals surface area contributed by atoms with Crippen molar-refractivity contribution in [3.05, 3.63) is 53.1 Å². The van der Waals surface area contributed by atoms with Gasteiger partial charge >= 0.3 is 0 Å². The summed E-state index contributed by atoms with van der Waals surface area (Å²) in [6, 6.07) is 11.0. The van der Waals surface area contributed by atoms with Crippen molar-refractivity contribution >= 4 is 15.7 Å². The number of benzene rings is 2. The molecule has 0 radical (unpaired) electrons. The maximum Gasteiger partial charge on any atom is 0.264 e. The zero-order valence-corrected chi connectivity index (χ0v) is 13.8. The van der Waals surface area contributed by atoms with Gasteiger partial charge in [0.1, 0.15) is 5.75 Å². The van der Waals surface area contributed by atoms with Crippen molar-refractivity contribution in [1.82, 2.24) is 0 Å². The molecule has 4 nitrogen and oxygen atoms in total. The summed E-state index contributed by atoms with van der Waals surface area (Å²) < 4.78 is 32.9. The second-order valence-electron chi connectivity index (χ2n) is 5.47. The highest BCUT2D eigenvalue weighted by molar-refractivity contribution is 7.93. The largest absolute Gasteiger partial charge is 0.496 e. The van der Waals surface area contributed by atoms with E-state index in [1.807, 2.05) is 38.1 Å². The van der Waals surface area contributed by atoms with Gasteiger partial charge in [0, 0.05) is 6.54 Å². The normalized spacial score (nSPS) is 14.0. The summed E-state index contributed by atoms with van der Waals surface area (Å²) in [4.78, 5) is 0.350. The summed E-state index contributed by atoms with van der Waals surface area (Å²) in [5, 5.41) is 0. The lowest BCUT2D eigenvalue weighted by Crippen LogP contribution is -2.29. The molecule has 1 aliphatic heterocycles. The van der Waals surface area contributed by atoms with Gasteiger partial charge < -0.3 is 4.74 Å². The molecule has 0 bridgehead atoms. The number of hydrogen-bond acceptors (Lipinski definition) is 3. The van der Waals surface area contributed by atoms with Crippen molar-refractivity contribution in [2.45, 2.75) is 25.2 Å². The minimum atomic E-state index is -3.55. The Morgan fingerprint density at radius 2 is 1.77 bits per heavy atom. The molecule has 0 fully saturated rings. The van der Waals surface area contributed by atoms with Gasteiger partial charge in [0.2, 0.25) is 0 Å². The summed E-state index contributed by atoms with van der Waals surface area (Å²) in [7, 11) is -1.96. The van der Waals surface area contributed by atoms with Crippen LogP contribution in [0.25, 0.3) is 0 Å². The van der Waals surface area contributed by atoms with Gasteiger partial charge in [0.15, 0.2) is 0 Å². The Balaban J connectivity index is 2.11. The third-order valence-electron chi connectivity index (χ3n) is 4.32. The zero-order valence-electron chi connectivity index (χ0n) is 13.0. The van der Waals surface area contributed by atoms with E-state index < -0.39 is 10.0 Å². The first-order valence-electron chi connectivity index (χ1n) is 7.21. The number of hydrogen-bond donors (Lipinski definition) is 0. The molecule has 2 aromatic rings. The first-order valence-corrected chi connectivity index (χ1v) is 8.65. The second kappa shape index (κ2) is 5.32. The van der Waals surface area contributed by atoms with Crippen LogP contribution in [-0.2, 0) is 16.4 Å². The Hall–Kier alpha value is -2.01. The average molecular weight is 317 g/mol. The van der Waals surface area contributed by atoms with Gasteiger partial charge in [-0.3, -0.25) is 4.31 Å². The van der Waals surface area contributed by atoms with Gasteiger partial charge in [0.25, 0.3) is 10.0 Å². The van der Waals surface area contributed by atoms with Crippen LogP contribution in [0.2, 0.25) is 0 Å². The molecule has 22 heavy (non-hydrogen) atoms. The van der Waals surface area contributed by atoms with Crippen LogP contribution in [0.15, 0.2) is 41.3 Å². The maximum atomic E-state index is 13.1. The fraction of sp³-hybridized carbons (Fsp3) is 0.294. The van der Waals surface area contributed by atoms with Crippen LogP contribution in [0.3, 0.4) is 0 Å². The van der Waals surface area contributed by atoms with Crippen LogP contribution in [-0.4, -0.2) is 22.1 Å². The predicted octanol–water partition coefficient (Wildman–Crippen LogP) is 3.06. The molecule has 1 heterocycles. The zero-order chi connectivity index (χ0) is 15.9. The summed E-state index contributed by atoms with van der Waals surface area (Å²) in [6.07, 6.45) is 0.754. The molecule has 0 unspecified atom stereocenters. The summed E-state index contributed by atoms with van der Waals surface area (Å²) >= 11 is 0. The van der Waals surface area contributed by atoms with E-state index in [1.165, 1.54) is 4.31 Å². The summed E-state index contributed by atoms with van der Waals surface area (Å²) in [5.74, 6) is 0.707. The molecule has 0 amide bonds. The molecule has 0 saturated heterocycles. The van der Waals surface area contributed by atoms with E-state index in [0.717, 1.165) is 28.8 Å². The van der Waals surface area contributed by atoms with E-state index >= 15 is 0 Å². The summed E-state index contributed by atoms with van der Waals surface area (Å²) in [5.41, 5.74) is 3.46. The molecule has 0 atom stereocenters. The maximum absolute atomic E-state index is 13.1. The van der Waals surface area contributed by atoms with Crippen molar-refractivity contribution in [2.75, 3.05) is 18.0 Å². The van der Waals surface area contributed by atoms with Crippen molar-refractivity contribution in [3.8, 4) is 5.75 Å². The average Bonchev–Trinajstić information content (AvgIpc) is 2.94. The number of ether oxygens (including phenoxy) is 1. The van der Waals surface area contributed by atoms with Gasteiger partial charge in [-0.1, -0.05) is 18.2 Å². The standard InChI is InChI=1S/C17H19NO3S/c1-12-13(2)17(9-8-16(12)21-3)22(19,20)18-11-10-14-6-4-5-7-15(14)18/h4-9H,10-11H2,1-3H3. The Kier molecular flexibility index (Phi) is 3.60. The van der Waals surface area contributed by atoms with E-state index in [9.17, 15) is 8.42 Å². The highest BCUT2D eigenvalue weighted by Crippen LogP contribution is 2.35. The van der Waals surface area contributed by atoms with Crippen molar-refractivity contribution in [1.29, 1.82) is 0 Å². The fourth-order valence-corrected chi connectivity index (χ4v) is 4.73. The monoisotopic (exact) mass is 317 g/mol. The van der Waals surface area contributed by atoms with Crippen molar-refractivity contribution in [2.24, 2.45) is 0 Å². The van der Waals surface area contributed by atoms with Gasteiger partial charge in [-0.25, -0.2) is 8.42 Å². The summed E-state index contributed by atoms with van der Waals surface area (Å²) in [6.45, 7) is 4.20. The number of fused-ring (bicyclic) bond motifs is 1. The number of methoxy groups -OCH3 is 1. The van der Waals surface area contributed by atoms with Gasteiger partial charge in [-0.2, -0.15) is 0 Å². The van der Waals surface area contributed by atoms with Crippen LogP contribution in [0.1, 0.15) is 16.7 Å². The van der Waals surface area contributed by atoms with E-state index in [-0.39, 0.29) is 0 Å². The van der Waals surface area contributed by atoms with E-state index in [2.05, 4.69) is 0 Å². The van der Waals surface area contributed by atoms with Gasteiger partial charge in [0.05, 0.1) is 17.7 Å². The lowest BCUT2D eigenvalue weighted by Gasteiger charge is -2.22. The Morgan fingerprint density at radius 3 is 2.50 bits per heavy atom. The van der Waals surface area contributed by atoms with Crippen LogP contribution >= 0.6 is 0 Å². The highest BCUT2D eigenvalue weighted by atomic mass is 32.2. The van der Waals surface area contributed by atoms with Crippen LogP contribution in [0.4, 0.5) is 5.69 Å². The smallest absolute Gasteiger partial charge is 0.264 e. The van der Waals surface area contributed by atoms with Gasteiger partial charge in [-0.15, -0.1) is 0 Å². The van der Waals surface area contributed by atoms with Crippen LogP contribution in [0, 0.1) is 13.8 Å². The quantitative estimate of drug-likeness (QED) is 0.874. The third-order valence-corrected chi connectivity index (χ3v) is 6.28. The van der Waals surface area contributed by atoms with E-state index in [4.69, 9.17) is 4.74 Å². The van der Waals surface area contributed by atoms with E-state index in [0.29, 0.717) is 17.2 Å². The molecule has 116 valence electrons. The minimum absolute atomic E-state index is 0.350. The Bertz CT molecular complexity index is 828. The minimum Gasteiger partial charge on any atom is -0.496 e. The lowest BCUT2D eigenvalue weighted by molar-refractivity contribution is 0.410. The van der Waals surface area contributed by atoms with Gasteiger partial charge in [-0.05, 0) is 55.2 Å². The molecular formula is C17H19NO3S. The molecule has 0 spiro atoms. The number of para-hydroxylation sites is 1. The number of rotatable bonds is 3. The molecule has 0 aliphatic carbocycles. The molecule has 3 rings (SSSR count). The number of sulfonamides is 1. The topological polar surface area (TPSA) is 46.6 Å². The SMILES string of the molecule is COc1ccc(S(=O)(=O)N2CCc3ccccc32)c(C)c1C. The molecule has 1 aliphatic rings. The van der Waals surface area contributed by atoms with E-state index in [1.54, 1.807) is 19.2 Å².